The highest BCUT2D eigenvalue weighted by molar-refractivity contribution is 7.97. The van der Waals surface area contributed by atoms with Crippen LogP contribution >= 0.6 is 11.8 Å². The minimum absolute atomic E-state index is 0.0545. The number of carbonyl (C=O) groups excluding carboxylic acids is 2. The predicted octanol–water partition coefficient (Wildman–Crippen LogP) is 0.942. The molecule has 0 aromatic carbocycles. The van der Waals surface area contributed by atoms with E-state index in [9.17, 15) is 9.59 Å². The molecule has 2 heterocycles. The van der Waals surface area contributed by atoms with E-state index in [0.29, 0.717) is 30.6 Å². The summed E-state index contributed by atoms with van der Waals surface area (Å²) in [6, 6.07) is -0.0545. The maximum atomic E-state index is 12.3. The van der Waals surface area contributed by atoms with Gasteiger partial charge in [-0.1, -0.05) is 5.16 Å². The number of aromatic nitrogens is 2. The Labute approximate surface area is 140 Å². The Balaban J connectivity index is 1.83. The fourth-order valence-corrected chi connectivity index (χ4v) is 2.88. The van der Waals surface area contributed by atoms with Crippen LogP contribution in [-0.4, -0.2) is 65.3 Å². The molecule has 1 N–H and O–H groups in total. The highest BCUT2D eigenvalue weighted by Gasteiger charge is 2.29. The minimum Gasteiger partial charge on any atom is -0.347 e. The second-order valence-corrected chi connectivity index (χ2v) is 6.58. The van der Waals surface area contributed by atoms with E-state index in [-0.39, 0.29) is 24.4 Å². The lowest BCUT2D eigenvalue weighted by atomic mass is 9.97. The number of rotatable bonds is 5. The van der Waals surface area contributed by atoms with Gasteiger partial charge in [0.2, 0.25) is 11.8 Å². The standard InChI is InChI=1S/C14H23N5O3S/c1-18(2)14(21)19-6-4-5-10(8-19)13(20)15-7-12-16-11(9-23-3)17-22-12/h10H,4-9H2,1-3H3,(H,15,20). The molecule has 1 saturated heterocycles. The molecule has 0 saturated carbocycles. The lowest BCUT2D eigenvalue weighted by Gasteiger charge is -2.33. The van der Waals surface area contributed by atoms with E-state index < -0.39 is 0 Å². The number of amides is 3. The van der Waals surface area contributed by atoms with Crippen molar-refractivity contribution in [2.45, 2.75) is 25.1 Å². The quantitative estimate of drug-likeness (QED) is 0.857. The van der Waals surface area contributed by atoms with Gasteiger partial charge in [0.15, 0.2) is 5.82 Å². The van der Waals surface area contributed by atoms with Crippen LogP contribution in [0.15, 0.2) is 4.52 Å². The van der Waals surface area contributed by atoms with E-state index in [4.69, 9.17) is 4.52 Å². The monoisotopic (exact) mass is 341 g/mol. The number of piperidine rings is 1. The summed E-state index contributed by atoms with van der Waals surface area (Å²) in [5.41, 5.74) is 0. The van der Waals surface area contributed by atoms with Gasteiger partial charge in [-0.05, 0) is 19.1 Å². The van der Waals surface area contributed by atoms with Crippen molar-refractivity contribution in [2.24, 2.45) is 5.92 Å². The average Bonchev–Trinajstić information content (AvgIpc) is 3.00. The van der Waals surface area contributed by atoms with Crippen molar-refractivity contribution in [3.05, 3.63) is 11.7 Å². The van der Waals surface area contributed by atoms with E-state index in [0.717, 1.165) is 12.8 Å². The van der Waals surface area contributed by atoms with Crippen LogP contribution in [0.3, 0.4) is 0 Å². The van der Waals surface area contributed by atoms with E-state index in [1.165, 1.54) is 4.90 Å². The third kappa shape index (κ3) is 4.85. The summed E-state index contributed by atoms with van der Waals surface area (Å²) in [7, 11) is 3.43. The number of nitrogens with zero attached hydrogens (tertiary/aromatic N) is 4. The molecule has 8 nitrogen and oxygen atoms in total. The lowest BCUT2D eigenvalue weighted by Crippen LogP contribution is -2.48. The Morgan fingerprint density at radius 2 is 2.26 bits per heavy atom. The SMILES string of the molecule is CSCc1noc(CNC(=O)C2CCCN(C(=O)N(C)C)C2)n1. The first-order valence-corrected chi connectivity index (χ1v) is 8.95. The molecular formula is C14H23N5O3S. The predicted molar refractivity (Wildman–Crippen MR) is 86.7 cm³/mol. The zero-order valence-electron chi connectivity index (χ0n) is 13.7. The van der Waals surface area contributed by atoms with Crippen LogP contribution in [0.25, 0.3) is 0 Å². The maximum Gasteiger partial charge on any atom is 0.319 e. The molecule has 0 spiro atoms. The average molecular weight is 341 g/mol. The number of carbonyl (C=O) groups is 2. The molecule has 1 aliphatic heterocycles. The van der Waals surface area contributed by atoms with Crippen LogP contribution in [0.1, 0.15) is 24.6 Å². The van der Waals surface area contributed by atoms with Crippen LogP contribution < -0.4 is 5.32 Å². The smallest absolute Gasteiger partial charge is 0.319 e. The Morgan fingerprint density at radius 3 is 2.96 bits per heavy atom. The molecule has 1 unspecified atom stereocenters. The normalized spacial score (nSPS) is 17.9. The molecule has 128 valence electrons. The summed E-state index contributed by atoms with van der Waals surface area (Å²) in [5, 5.41) is 6.65. The van der Waals surface area contributed by atoms with E-state index in [1.807, 2.05) is 6.26 Å². The number of thioether (sulfide) groups is 1. The second kappa shape index (κ2) is 8.19. The van der Waals surface area contributed by atoms with Gasteiger partial charge in [0.05, 0.1) is 18.2 Å². The van der Waals surface area contributed by atoms with Crippen molar-refractivity contribution in [3.8, 4) is 0 Å². The zero-order valence-corrected chi connectivity index (χ0v) is 14.6. The topological polar surface area (TPSA) is 91.6 Å². The van der Waals surface area contributed by atoms with Crippen molar-refractivity contribution in [1.29, 1.82) is 0 Å². The van der Waals surface area contributed by atoms with Crippen LogP contribution in [0.4, 0.5) is 4.79 Å². The number of hydrogen-bond donors (Lipinski definition) is 1. The number of urea groups is 1. The van der Waals surface area contributed by atoms with Crippen LogP contribution in [0, 0.1) is 5.92 Å². The molecule has 2 rings (SSSR count). The van der Waals surface area contributed by atoms with Gasteiger partial charge in [0.25, 0.3) is 0 Å². The third-order valence-corrected chi connectivity index (χ3v) is 4.19. The first kappa shape index (κ1) is 17.6. The molecule has 9 heteroatoms. The molecule has 1 aliphatic rings. The summed E-state index contributed by atoms with van der Waals surface area (Å²) < 4.78 is 5.09. The third-order valence-electron chi connectivity index (χ3n) is 3.64. The number of hydrogen-bond acceptors (Lipinski definition) is 6. The lowest BCUT2D eigenvalue weighted by molar-refractivity contribution is -0.126. The highest BCUT2D eigenvalue weighted by Crippen LogP contribution is 2.17. The number of nitrogens with one attached hydrogen (secondary N) is 1. The maximum absolute atomic E-state index is 12.3. The minimum atomic E-state index is -0.193. The van der Waals surface area contributed by atoms with Crippen molar-refractivity contribution < 1.29 is 14.1 Å². The van der Waals surface area contributed by atoms with Gasteiger partial charge in [-0.2, -0.15) is 16.7 Å². The Kier molecular flexibility index (Phi) is 6.26. The van der Waals surface area contributed by atoms with Gasteiger partial charge in [-0.15, -0.1) is 0 Å². The molecule has 1 aromatic rings. The molecule has 0 radical (unpaired) electrons. The zero-order chi connectivity index (χ0) is 16.8. The van der Waals surface area contributed by atoms with Crippen molar-refractivity contribution >= 4 is 23.7 Å². The van der Waals surface area contributed by atoms with E-state index >= 15 is 0 Å². The Hall–Kier alpha value is -1.77. The van der Waals surface area contributed by atoms with Crippen LogP contribution in [0.2, 0.25) is 0 Å². The van der Waals surface area contributed by atoms with Gasteiger partial charge in [0, 0.05) is 27.2 Å². The summed E-state index contributed by atoms with van der Waals surface area (Å²) >= 11 is 1.61. The van der Waals surface area contributed by atoms with Gasteiger partial charge < -0.3 is 19.6 Å². The highest BCUT2D eigenvalue weighted by atomic mass is 32.2. The molecular weight excluding hydrogens is 318 g/mol. The summed E-state index contributed by atoms with van der Waals surface area (Å²) in [4.78, 5) is 31.7. The molecule has 1 aromatic heterocycles. The first-order chi connectivity index (χ1) is 11.0. The summed E-state index contributed by atoms with van der Waals surface area (Å²) in [5.74, 6) is 1.44. The summed E-state index contributed by atoms with van der Waals surface area (Å²) in [6.07, 6.45) is 3.57. The van der Waals surface area contributed by atoms with E-state index in [2.05, 4.69) is 15.5 Å². The number of likely N-dealkylation sites (tertiary alicyclic amines) is 1. The van der Waals surface area contributed by atoms with Crippen LogP contribution in [-0.2, 0) is 17.1 Å². The van der Waals surface area contributed by atoms with Crippen LogP contribution in [0.5, 0.6) is 0 Å². The Bertz CT molecular complexity index is 548. The first-order valence-electron chi connectivity index (χ1n) is 7.55. The van der Waals surface area contributed by atoms with Crippen molar-refractivity contribution in [1.82, 2.24) is 25.3 Å². The fourth-order valence-electron chi connectivity index (χ4n) is 2.50. The van der Waals surface area contributed by atoms with Gasteiger partial charge in [0.1, 0.15) is 0 Å². The fraction of sp³-hybridized carbons (Fsp3) is 0.714. The van der Waals surface area contributed by atoms with Gasteiger partial charge in [-0.25, -0.2) is 4.79 Å². The molecule has 1 atom stereocenters. The van der Waals surface area contributed by atoms with Crippen molar-refractivity contribution in [2.75, 3.05) is 33.4 Å². The summed E-state index contributed by atoms with van der Waals surface area (Å²) in [6.45, 7) is 1.37. The largest absolute Gasteiger partial charge is 0.347 e. The van der Waals surface area contributed by atoms with Crippen molar-refractivity contribution in [3.63, 3.8) is 0 Å². The molecule has 23 heavy (non-hydrogen) atoms. The second-order valence-electron chi connectivity index (χ2n) is 5.72. The molecule has 0 aliphatic carbocycles. The molecule has 1 fully saturated rings. The van der Waals surface area contributed by atoms with Gasteiger partial charge in [-0.3, -0.25) is 4.79 Å². The van der Waals surface area contributed by atoms with Gasteiger partial charge >= 0.3 is 6.03 Å². The van der Waals surface area contributed by atoms with E-state index in [1.54, 1.807) is 30.8 Å². The molecule has 3 amide bonds. The molecule has 0 bridgehead atoms. The Morgan fingerprint density at radius 1 is 1.48 bits per heavy atom.